The average molecular weight is 329 g/mol. The summed E-state index contributed by atoms with van der Waals surface area (Å²) in [6.07, 6.45) is 9.51. The summed E-state index contributed by atoms with van der Waals surface area (Å²) in [6, 6.07) is 0. The first-order chi connectivity index (χ1) is 10.8. The first kappa shape index (κ1) is 15.7. The fourth-order valence-electron chi connectivity index (χ4n) is 7.53. The standard InChI is InChI=1S/C20H30NOSi/c1-12-5-16(6-13(12)2)20(23(3)4)17-8-14-7-15(9-17)11-19(20,10-14)18(21)22/h5,14-15,17,21,23H,6-11H2,1-4H3. The molecule has 4 bridgehead atoms. The van der Waals surface area contributed by atoms with E-state index < -0.39 is 8.80 Å². The molecule has 5 rings (SSSR count). The Morgan fingerprint density at radius 3 is 2.22 bits per heavy atom. The monoisotopic (exact) mass is 328 g/mol. The van der Waals surface area contributed by atoms with Crippen molar-refractivity contribution < 1.29 is 4.79 Å². The number of carbonyl (C=O) groups excluding carboxylic acids is 1. The highest BCUT2D eigenvalue weighted by Gasteiger charge is 2.70. The molecule has 1 N–H and O–H groups in total. The van der Waals surface area contributed by atoms with E-state index in [9.17, 15) is 4.79 Å². The zero-order valence-corrected chi connectivity index (χ0v) is 16.2. The molecule has 4 fully saturated rings. The molecule has 125 valence electrons. The van der Waals surface area contributed by atoms with E-state index in [0.717, 1.165) is 31.1 Å². The number of nitrogens with one attached hydrogen (secondary N) is 1. The molecule has 3 heteroatoms. The first-order valence-corrected chi connectivity index (χ1v) is 12.3. The lowest BCUT2D eigenvalue weighted by molar-refractivity contribution is -0.150. The zero-order chi connectivity index (χ0) is 16.6. The van der Waals surface area contributed by atoms with Gasteiger partial charge in [-0.05, 0) is 70.1 Å². The molecule has 0 aromatic rings. The molecule has 0 spiro atoms. The van der Waals surface area contributed by atoms with Crippen molar-refractivity contribution in [2.24, 2.45) is 23.2 Å². The molecule has 4 saturated carbocycles. The highest BCUT2D eigenvalue weighted by molar-refractivity contribution is 6.61. The van der Waals surface area contributed by atoms with Gasteiger partial charge in [0.25, 0.3) is 0 Å². The van der Waals surface area contributed by atoms with Gasteiger partial charge in [-0.3, -0.25) is 10.5 Å². The normalized spacial score (nSPS) is 45.1. The van der Waals surface area contributed by atoms with Crippen LogP contribution in [0.2, 0.25) is 18.1 Å². The van der Waals surface area contributed by atoms with Crippen LogP contribution in [-0.2, 0) is 4.79 Å². The summed E-state index contributed by atoms with van der Waals surface area (Å²) >= 11 is 0. The molecule has 0 aromatic carbocycles. The van der Waals surface area contributed by atoms with Crippen molar-refractivity contribution in [2.75, 3.05) is 0 Å². The molecular formula is C20H30NOSi. The minimum Gasteiger partial charge on any atom is -0.273 e. The molecule has 2 nitrogen and oxygen atoms in total. The van der Waals surface area contributed by atoms with Crippen LogP contribution >= 0.6 is 0 Å². The Labute approximate surface area is 142 Å². The third-order valence-corrected chi connectivity index (χ3v) is 11.2. The van der Waals surface area contributed by atoms with E-state index >= 15 is 0 Å². The molecule has 1 amide bonds. The second-order valence-electron chi connectivity index (χ2n) is 9.29. The Kier molecular flexibility index (Phi) is 3.30. The first-order valence-electron chi connectivity index (χ1n) is 9.44. The Morgan fingerprint density at radius 1 is 1.17 bits per heavy atom. The summed E-state index contributed by atoms with van der Waals surface area (Å²) < 4.78 is 0. The quantitative estimate of drug-likeness (QED) is 0.702. The van der Waals surface area contributed by atoms with Gasteiger partial charge in [0.05, 0.1) is 5.41 Å². The van der Waals surface area contributed by atoms with Crippen LogP contribution in [0.1, 0.15) is 52.4 Å². The van der Waals surface area contributed by atoms with E-state index in [1.54, 1.807) is 5.57 Å². The minimum atomic E-state index is -1.14. The van der Waals surface area contributed by atoms with Crippen molar-refractivity contribution in [3.05, 3.63) is 22.8 Å². The van der Waals surface area contributed by atoms with Crippen molar-refractivity contribution in [2.45, 2.75) is 70.5 Å². The van der Waals surface area contributed by atoms with Crippen molar-refractivity contribution >= 4 is 14.7 Å². The fraction of sp³-hybridized carbons (Fsp3) is 0.750. The number of amides is 1. The Morgan fingerprint density at radius 2 is 1.78 bits per heavy atom. The molecular weight excluding hydrogens is 298 g/mol. The summed E-state index contributed by atoms with van der Waals surface area (Å²) in [5.41, 5.74) is 12.4. The van der Waals surface area contributed by atoms with Gasteiger partial charge in [-0.2, -0.15) is 0 Å². The van der Waals surface area contributed by atoms with Crippen molar-refractivity contribution in [1.29, 1.82) is 0 Å². The van der Waals surface area contributed by atoms with Crippen LogP contribution in [0.3, 0.4) is 0 Å². The fourth-order valence-corrected chi connectivity index (χ4v) is 11.1. The van der Waals surface area contributed by atoms with Crippen molar-refractivity contribution in [1.82, 2.24) is 5.73 Å². The molecule has 5 aliphatic rings. The predicted molar refractivity (Wildman–Crippen MR) is 96.7 cm³/mol. The van der Waals surface area contributed by atoms with E-state index in [2.05, 4.69) is 33.0 Å². The molecule has 3 atom stereocenters. The van der Waals surface area contributed by atoms with Crippen LogP contribution in [0.15, 0.2) is 22.8 Å². The summed E-state index contributed by atoms with van der Waals surface area (Å²) in [5.74, 6) is 1.90. The maximum absolute atomic E-state index is 12.8. The van der Waals surface area contributed by atoms with Crippen LogP contribution in [-0.4, -0.2) is 14.7 Å². The van der Waals surface area contributed by atoms with Crippen molar-refractivity contribution in [3.63, 3.8) is 0 Å². The lowest BCUT2D eigenvalue weighted by Crippen LogP contribution is -2.64. The molecule has 0 saturated heterocycles. The summed E-state index contributed by atoms with van der Waals surface area (Å²) in [4.78, 5) is 12.8. The summed E-state index contributed by atoms with van der Waals surface area (Å²) in [6.45, 7) is 9.39. The second kappa shape index (κ2) is 4.84. The van der Waals surface area contributed by atoms with E-state index in [1.165, 1.54) is 30.4 Å². The van der Waals surface area contributed by atoms with Crippen LogP contribution in [0, 0.1) is 23.2 Å². The Hall–Kier alpha value is -0.833. The van der Waals surface area contributed by atoms with E-state index in [0.29, 0.717) is 5.92 Å². The number of hydrogen-bond donors (Lipinski definition) is 0. The molecule has 5 aliphatic carbocycles. The van der Waals surface area contributed by atoms with Crippen LogP contribution in [0.25, 0.3) is 0 Å². The van der Waals surface area contributed by atoms with Gasteiger partial charge in [-0.25, -0.2) is 0 Å². The van der Waals surface area contributed by atoms with Gasteiger partial charge in [0, 0.05) is 13.8 Å². The number of hydrogen-bond acceptors (Lipinski definition) is 1. The van der Waals surface area contributed by atoms with E-state index in [-0.39, 0.29) is 16.4 Å². The number of carbonyl (C=O) groups is 1. The van der Waals surface area contributed by atoms with Crippen molar-refractivity contribution in [3.8, 4) is 0 Å². The van der Waals surface area contributed by atoms with Gasteiger partial charge in [-0.1, -0.05) is 35.9 Å². The molecule has 3 unspecified atom stereocenters. The minimum absolute atomic E-state index is 0.0816. The molecule has 0 heterocycles. The molecule has 23 heavy (non-hydrogen) atoms. The van der Waals surface area contributed by atoms with Crippen LogP contribution < -0.4 is 5.73 Å². The van der Waals surface area contributed by atoms with Crippen LogP contribution in [0.4, 0.5) is 0 Å². The zero-order valence-electron chi connectivity index (χ0n) is 15.0. The smallest absolute Gasteiger partial charge is 0.245 e. The highest BCUT2D eigenvalue weighted by atomic mass is 28.3. The van der Waals surface area contributed by atoms with E-state index in [1.807, 2.05) is 0 Å². The third-order valence-electron chi connectivity index (χ3n) is 8.01. The highest BCUT2D eigenvalue weighted by Crippen LogP contribution is 2.76. The topological polar surface area (TPSA) is 40.9 Å². The maximum atomic E-state index is 12.8. The van der Waals surface area contributed by atoms with Gasteiger partial charge in [0.15, 0.2) is 0 Å². The lowest BCUT2D eigenvalue weighted by Gasteiger charge is -2.68. The van der Waals surface area contributed by atoms with E-state index in [4.69, 9.17) is 5.73 Å². The summed E-state index contributed by atoms with van der Waals surface area (Å²) in [7, 11) is -1.14. The van der Waals surface area contributed by atoms with Gasteiger partial charge in [-0.15, -0.1) is 0 Å². The number of allylic oxidation sites excluding steroid dienone is 4. The molecule has 0 aromatic heterocycles. The van der Waals surface area contributed by atoms with Gasteiger partial charge in [0.2, 0.25) is 5.91 Å². The van der Waals surface area contributed by atoms with Gasteiger partial charge in [0.1, 0.15) is 0 Å². The molecule has 1 radical (unpaired) electrons. The van der Waals surface area contributed by atoms with Gasteiger partial charge >= 0.3 is 0 Å². The Bertz CT molecular complexity index is 618. The number of rotatable bonds is 3. The predicted octanol–water partition coefficient (Wildman–Crippen LogP) is 4.52. The maximum Gasteiger partial charge on any atom is 0.245 e. The van der Waals surface area contributed by atoms with Gasteiger partial charge < -0.3 is 0 Å². The lowest BCUT2D eigenvalue weighted by atomic mass is 9.42. The SMILES string of the molecule is CC1=C(C)CC(C2([SiH](C)C)C3CC4CC(C3)CC2(C([NH])=O)C4)=C1. The second-order valence-corrected chi connectivity index (χ2v) is 12.5. The van der Waals surface area contributed by atoms with Crippen LogP contribution in [0.5, 0.6) is 0 Å². The Balaban J connectivity index is 1.91. The average Bonchev–Trinajstić information content (AvgIpc) is 2.77. The molecule has 0 aliphatic heterocycles. The third kappa shape index (κ3) is 1.78. The summed E-state index contributed by atoms with van der Waals surface area (Å²) in [5, 5.41) is 0.0816. The largest absolute Gasteiger partial charge is 0.273 e.